The molecule has 0 aliphatic carbocycles. The van der Waals surface area contributed by atoms with Crippen LogP contribution in [0.3, 0.4) is 0 Å². The van der Waals surface area contributed by atoms with E-state index in [0.29, 0.717) is 15.6 Å². The van der Waals surface area contributed by atoms with Gasteiger partial charge in [0.2, 0.25) is 10.0 Å². The number of nitrogens with zero attached hydrogens (tertiary/aromatic N) is 1. The van der Waals surface area contributed by atoms with Crippen LogP contribution < -0.4 is 0 Å². The van der Waals surface area contributed by atoms with Gasteiger partial charge in [-0.3, -0.25) is 4.79 Å². The van der Waals surface area contributed by atoms with Crippen molar-refractivity contribution in [3.8, 4) is 0 Å². The van der Waals surface area contributed by atoms with Crippen LogP contribution in [-0.4, -0.2) is 36.9 Å². The molecular formula is C13H15Cl2NO4S. The van der Waals surface area contributed by atoms with Gasteiger partial charge in [-0.15, -0.1) is 0 Å². The molecule has 1 aliphatic heterocycles. The van der Waals surface area contributed by atoms with E-state index in [0.717, 1.165) is 0 Å². The second-order valence-corrected chi connectivity index (χ2v) is 8.11. The van der Waals surface area contributed by atoms with Gasteiger partial charge in [-0.05, 0) is 29.7 Å². The summed E-state index contributed by atoms with van der Waals surface area (Å²) in [5.41, 5.74) is 0.485. The minimum atomic E-state index is -3.59. The number of carbonyl (C=O) groups is 1. The highest BCUT2D eigenvalue weighted by Crippen LogP contribution is 2.28. The van der Waals surface area contributed by atoms with Gasteiger partial charge < -0.3 is 5.11 Å². The first-order valence-corrected chi connectivity index (χ1v) is 8.71. The fourth-order valence-corrected chi connectivity index (χ4v) is 4.66. The van der Waals surface area contributed by atoms with E-state index < -0.39 is 21.9 Å². The van der Waals surface area contributed by atoms with Crippen LogP contribution in [0.4, 0.5) is 0 Å². The topological polar surface area (TPSA) is 74.7 Å². The van der Waals surface area contributed by atoms with Crippen molar-refractivity contribution in [2.45, 2.75) is 12.7 Å². The van der Waals surface area contributed by atoms with Gasteiger partial charge in [-0.2, -0.15) is 0 Å². The van der Waals surface area contributed by atoms with Gasteiger partial charge in [-0.25, -0.2) is 12.7 Å². The summed E-state index contributed by atoms with van der Waals surface area (Å²) in [6, 6.07) is 4.61. The third kappa shape index (κ3) is 3.88. The normalized spacial score (nSPS) is 23.4. The van der Waals surface area contributed by atoms with Crippen molar-refractivity contribution in [2.75, 3.05) is 13.1 Å². The predicted molar refractivity (Wildman–Crippen MR) is 80.9 cm³/mol. The lowest BCUT2D eigenvalue weighted by Crippen LogP contribution is -2.31. The Morgan fingerprint density at radius 2 is 1.86 bits per heavy atom. The number of sulfonamides is 1. The zero-order chi connectivity index (χ0) is 15.8. The second-order valence-electron chi connectivity index (χ2n) is 5.27. The molecule has 2 atom stereocenters. The van der Waals surface area contributed by atoms with Gasteiger partial charge >= 0.3 is 5.97 Å². The molecule has 1 saturated heterocycles. The minimum absolute atomic E-state index is 0.00707. The molecule has 21 heavy (non-hydrogen) atoms. The van der Waals surface area contributed by atoms with Gasteiger partial charge in [0.15, 0.2) is 0 Å². The first-order chi connectivity index (χ1) is 9.69. The Morgan fingerprint density at radius 3 is 2.33 bits per heavy atom. The number of hydrogen-bond donors (Lipinski definition) is 1. The van der Waals surface area contributed by atoms with Gasteiger partial charge in [0, 0.05) is 23.1 Å². The minimum Gasteiger partial charge on any atom is -0.481 e. The number of carboxylic acids is 1. The van der Waals surface area contributed by atoms with E-state index >= 15 is 0 Å². The Morgan fingerprint density at radius 1 is 1.29 bits per heavy atom. The molecule has 0 saturated carbocycles. The molecule has 2 rings (SSSR count). The molecule has 0 radical (unpaired) electrons. The van der Waals surface area contributed by atoms with Crippen molar-refractivity contribution in [3.63, 3.8) is 0 Å². The average molecular weight is 352 g/mol. The van der Waals surface area contributed by atoms with E-state index in [1.165, 1.54) is 10.4 Å². The van der Waals surface area contributed by atoms with E-state index in [-0.39, 0.29) is 24.8 Å². The zero-order valence-electron chi connectivity index (χ0n) is 11.3. The largest absolute Gasteiger partial charge is 0.481 e. The summed E-state index contributed by atoms with van der Waals surface area (Å²) in [5.74, 6) is -2.08. The van der Waals surface area contributed by atoms with E-state index in [2.05, 4.69) is 0 Å². The van der Waals surface area contributed by atoms with Crippen molar-refractivity contribution >= 4 is 39.2 Å². The van der Waals surface area contributed by atoms with Crippen LogP contribution in [0.1, 0.15) is 12.5 Å². The summed E-state index contributed by atoms with van der Waals surface area (Å²) >= 11 is 11.7. The van der Waals surface area contributed by atoms with Crippen LogP contribution in [0.5, 0.6) is 0 Å². The smallest absolute Gasteiger partial charge is 0.308 e. The standard InChI is InChI=1S/C13H15Cl2NO4S/c1-8-5-16(6-12(8)13(17)18)21(19,20)7-9-2-10(14)4-11(15)3-9/h2-4,8,12H,5-7H2,1H3,(H,17,18)/t8-,12-/m1/s1. The third-order valence-electron chi connectivity index (χ3n) is 3.56. The summed E-state index contributed by atoms with van der Waals surface area (Å²) in [6.07, 6.45) is 0. The van der Waals surface area contributed by atoms with Gasteiger partial charge in [0.25, 0.3) is 0 Å². The van der Waals surface area contributed by atoms with Crippen LogP contribution >= 0.6 is 23.2 Å². The summed E-state index contributed by atoms with van der Waals surface area (Å²) in [5, 5.41) is 9.81. The SMILES string of the molecule is C[C@@H]1CN(S(=O)(=O)Cc2cc(Cl)cc(Cl)c2)C[C@H]1C(=O)O. The Bertz CT molecular complexity index is 642. The Hall–Kier alpha value is -0.820. The highest BCUT2D eigenvalue weighted by Gasteiger charge is 2.40. The number of benzene rings is 1. The molecule has 0 spiro atoms. The molecule has 1 aromatic rings. The highest BCUT2D eigenvalue weighted by molar-refractivity contribution is 7.88. The molecule has 8 heteroatoms. The molecular weight excluding hydrogens is 337 g/mol. The van der Waals surface area contributed by atoms with Crippen LogP contribution in [0.2, 0.25) is 10.0 Å². The van der Waals surface area contributed by atoms with Crippen LogP contribution in [0.15, 0.2) is 18.2 Å². The predicted octanol–water partition coefficient (Wildman–Crippen LogP) is 2.48. The van der Waals surface area contributed by atoms with Gasteiger partial charge in [0.1, 0.15) is 0 Å². The van der Waals surface area contributed by atoms with Crippen molar-refractivity contribution in [1.82, 2.24) is 4.31 Å². The zero-order valence-corrected chi connectivity index (χ0v) is 13.6. The first kappa shape index (κ1) is 16.5. The van der Waals surface area contributed by atoms with Crippen molar-refractivity contribution in [2.24, 2.45) is 11.8 Å². The molecule has 1 N–H and O–H groups in total. The number of hydrogen-bond acceptors (Lipinski definition) is 3. The first-order valence-electron chi connectivity index (χ1n) is 6.34. The fourth-order valence-electron chi connectivity index (χ4n) is 2.47. The van der Waals surface area contributed by atoms with Crippen molar-refractivity contribution in [3.05, 3.63) is 33.8 Å². The molecule has 1 fully saturated rings. The number of aliphatic carboxylic acids is 1. The lowest BCUT2D eigenvalue weighted by atomic mass is 9.99. The summed E-state index contributed by atoms with van der Waals surface area (Å²) in [7, 11) is -3.59. The molecule has 1 heterocycles. The molecule has 1 aromatic carbocycles. The molecule has 116 valence electrons. The van der Waals surface area contributed by atoms with Gasteiger partial charge in [-0.1, -0.05) is 30.1 Å². The lowest BCUT2D eigenvalue weighted by molar-refractivity contribution is -0.142. The second kappa shape index (κ2) is 6.12. The fraction of sp³-hybridized carbons (Fsp3) is 0.462. The number of carboxylic acid groups (broad SMARTS) is 1. The van der Waals surface area contributed by atoms with E-state index in [9.17, 15) is 13.2 Å². The Balaban J connectivity index is 2.18. The summed E-state index contributed by atoms with van der Waals surface area (Å²) in [6.45, 7) is 1.96. The highest BCUT2D eigenvalue weighted by atomic mass is 35.5. The van der Waals surface area contributed by atoms with Crippen molar-refractivity contribution in [1.29, 1.82) is 0 Å². The quantitative estimate of drug-likeness (QED) is 0.903. The van der Waals surface area contributed by atoms with Crippen LogP contribution in [-0.2, 0) is 20.6 Å². The molecule has 1 aliphatic rings. The maximum Gasteiger partial charge on any atom is 0.308 e. The van der Waals surface area contributed by atoms with Crippen molar-refractivity contribution < 1.29 is 18.3 Å². The third-order valence-corrected chi connectivity index (χ3v) is 5.78. The molecule has 0 bridgehead atoms. The average Bonchev–Trinajstić information content (AvgIpc) is 2.70. The maximum absolute atomic E-state index is 12.4. The van der Waals surface area contributed by atoms with Crippen LogP contribution in [0, 0.1) is 11.8 Å². The molecule has 0 unspecified atom stereocenters. The number of rotatable bonds is 4. The maximum atomic E-state index is 12.4. The van der Waals surface area contributed by atoms with Gasteiger partial charge in [0.05, 0.1) is 11.7 Å². The Labute approximate surface area is 133 Å². The van der Waals surface area contributed by atoms with Crippen LogP contribution in [0.25, 0.3) is 0 Å². The summed E-state index contributed by atoms with van der Waals surface area (Å²) in [4.78, 5) is 11.1. The van der Waals surface area contributed by atoms with E-state index in [4.69, 9.17) is 28.3 Å². The molecule has 0 amide bonds. The van der Waals surface area contributed by atoms with E-state index in [1.54, 1.807) is 19.1 Å². The lowest BCUT2D eigenvalue weighted by Gasteiger charge is -2.16. The molecule has 0 aromatic heterocycles. The Kier molecular flexibility index (Phi) is 4.82. The number of halogens is 2. The molecule has 5 nitrogen and oxygen atoms in total. The monoisotopic (exact) mass is 351 g/mol. The summed E-state index contributed by atoms with van der Waals surface area (Å²) < 4.78 is 26.0. The van der Waals surface area contributed by atoms with E-state index in [1.807, 2.05) is 0 Å².